The number of hydrogen-bond donors (Lipinski definition) is 2. The van der Waals surface area contributed by atoms with Crippen molar-refractivity contribution in [1.82, 2.24) is 20.1 Å². The van der Waals surface area contributed by atoms with Gasteiger partial charge in [-0.3, -0.25) is 4.79 Å². The Hall–Kier alpha value is -1.63. The Balaban J connectivity index is 1.94. The molecule has 0 spiro atoms. The first-order valence-corrected chi connectivity index (χ1v) is 9.08. The minimum atomic E-state index is -0.434. The second-order valence-corrected chi connectivity index (χ2v) is 7.35. The van der Waals surface area contributed by atoms with Crippen molar-refractivity contribution >= 4 is 29.1 Å². The van der Waals surface area contributed by atoms with Gasteiger partial charge in [-0.15, -0.1) is 5.10 Å². The van der Waals surface area contributed by atoms with Gasteiger partial charge in [-0.05, 0) is 37.8 Å². The Labute approximate surface area is 156 Å². The molecule has 1 aromatic heterocycles. The van der Waals surface area contributed by atoms with Crippen molar-refractivity contribution in [2.75, 3.05) is 6.54 Å². The maximum atomic E-state index is 12.7. The molecular formula is C17H21Cl2N5O. The molecule has 8 heteroatoms. The summed E-state index contributed by atoms with van der Waals surface area (Å²) < 4.78 is 1.54. The fourth-order valence-electron chi connectivity index (χ4n) is 2.90. The van der Waals surface area contributed by atoms with Gasteiger partial charge in [-0.1, -0.05) is 36.2 Å². The second-order valence-electron chi connectivity index (χ2n) is 6.54. The van der Waals surface area contributed by atoms with Gasteiger partial charge in [-0.2, -0.15) is 0 Å². The molecule has 6 nitrogen and oxygen atoms in total. The summed E-state index contributed by atoms with van der Waals surface area (Å²) in [5.74, 6) is 0.776. The summed E-state index contributed by atoms with van der Waals surface area (Å²) in [4.78, 5) is 17.0. The number of benzene rings is 1. The number of hydrogen-bond acceptors (Lipinski definition) is 4. The van der Waals surface area contributed by atoms with E-state index >= 15 is 0 Å². The lowest BCUT2D eigenvalue weighted by Crippen LogP contribution is -2.53. The number of para-hydroxylation sites is 1. The number of rotatable bonds is 6. The zero-order valence-electron chi connectivity index (χ0n) is 14.2. The monoisotopic (exact) mass is 381 g/mol. The number of halogens is 2. The van der Waals surface area contributed by atoms with Gasteiger partial charge in [0.1, 0.15) is 11.5 Å². The first kappa shape index (κ1) is 18.2. The molecule has 1 atom stereocenters. The van der Waals surface area contributed by atoms with Crippen molar-refractivity contribution in [2.24, 2.45) is 11.7 Å². The van der Waals surface area contributed by atoms with Gasteiger partial charge < -0.3 is 11.1 Å². The molecule has 134 valence electrons. The molecule has 1 aliphatic rings. The highest BCUT2D eigenvalue weighted by Gasteiger charge is 2.42. The maximum absolute atomic E-state index is 12.7. The molecule has 25 heavy (non-hydrogen) atoms. The minimum Gasteiger partial charge on any atom is -0.343 e. The number of aromatic nitrogens is 3. The average molecular weight is 382 g/mol. The largest absolute Gasteiger partial charge is 0.343 e. The fraction of sp³-hybridized carbons (Fsp3) is 0.471. The van der Waals surface area contributed by atoms with E-state index in [1.54, 1.807) is 18.2 Å². The second kappa shape index (κ2) is 6.94. The molecule has 0 saturated heterocycles. The lowest BCUT2D eigenvalue weighted by atomic mass is 9.96. The van der Waals surface area contributed by atoms with Crippen LogP contribution in [0.1, 0.15) is 43.1 Å². The van der Waals surface area contributed by atoms with Crippen LogP contribution in [0.4, 0.5) is 0 Å². The van der Waals surface area contributed by atoms with Crippen LogP contribution < -0.4 is 11.1 Å². The Morgan fingerprint density at radius 1 is 1.40 bits per heavy atom. The summed E-state index contributed by atoms with van der Waals surface area (Å²) in [5.41, 5.74) is 5.96. The van der Waals surface area contributed by atoms with Crippen LogP contribution in [0.2, 0.25) is 10.0 Å². The SMILES string of the molecule is CCc1nc(C(=O)NC(C)(CN)C2CC2)nn1-c1c(Cl)cccc1Cl. The standard InChI is InChI=1S/C17H21Cl2N5O/c1-3-13-21-15(16(25)22-17(2,9-20)10-7-8-10)23-24(13)14-11(18)5-4-6-12(14)19/h4-6,10H,3,7-9,20H2,1-2H3,(H,22,25). The molecule has 3 rings (SSSR count). The fourth-order valence-corrected chi connectivity index (χ4v) is 3.45. The van der Waals surface area contributed by atoms with E-state index in [1.807, 2.05) is 13.8 Å². The molecule has 3 N–H and O–H groups in total. The molecule has 2 aromatic rings. The minimum absolute atomic E-state index is 0.0909. The zero-order chi connectivity index (χ0) is 18.2. The van der Waals surface area contributed by atoms with Crippen LogP contribution in [0, 0.1) is 5.92 Å². The highest BCUT2D eigenvalue weighted by atomic mass is 35.5. The molecule has 1 amide bonds. The van der Waals surface area contributed by atoms with Crippen LogP contribution in [0.15, 0.2) is 18.2 Å². The van der Waals surface area contributed by atoms with Gasteiger partial charge in [0.25, 0.3) is 5.91 Å². The molecular weight excluding hydrogens is 361 g/mol. The van der Waals surface area contributed by atoms with E-state index in [-0.39, 0.29) is 11.7 Å². The van der Waals surface area contributed by atoms with Crippen LogP contribution in [-0.2, 0) is 6.42 Å². The van der Waals surface area contributed by atoms with Crippen LogP contribution in [0.3, 0.4) is 0 Å². The summed E-state index contributed by atoms with van der Waals surface area (Å²) in [5, 5.41) is 8.25. The zero-order valence-corrected chi connectivity index (χ0v) is 15.7. The predicted octanol–water partition coefficient (Wildman–Crippen LogP) is 2.99. The third kappa shape index (κ3) is 3.52. The van der Waals surface area contributed by atoms with Crippen molar-refractivity contribution < 1.29 is 4.79 Å². The number of carbonyl (C=O) groups is 1. The molecule has 1 saturated carbocycles. The first-order chi connectivity index (χ1) is 11.9. The number of aryl methyl sites for hydroxylation is 1. The molecule has 1 aromatic carbocycles. The third-order valence-corrected chi connectivity index (χ3v) is 5.25. The number of carbonyl (C=O) groups excluding carboxylic acids is 1. The molecule has 0 radical (unpaired) electrons. The number of nitrogens with two attached hydrogens (primary N) is 1. The van der Waals surface area contributed by atoms with E-state index in [9.17, 15) is 4.79 Å². The third-order valence-electron chi connectivity index (χ3n) is 4.64. The van der Waals surface area contributed by atoms with Crippen molar-refractivity contribution in [1.29, 1.82) is 0 Å². The van der Waals surface area contributed by atoms with Gasteiger partial charge in [0.15, 0.2) is 0 Å². The smallest absolute Gasteiger partial charge is 0.291 e. The highest BCUT2D eigenvalue weighted by molar-refractivity contribution is 6.37. The van der Waals surface area contributed by atoms with Crippen molar-refractivity contribution in [3.8, 4) is 5.69 Å². The first-order valence-electron chi connectivity index (χ1n) is 8.32. The Morgan fingerprint density at radius 2 is 2.04 bits per heavy atom. The van der Waals surface area contributed by atoms with E-state index in [1.165, 1.54) is 4.68 Å². The normalized spacial score (nSPS) is 16.5. The quantitative estimate of drug-likeness (QED) is 0.804. The Morgan fingerprint density at radius 3 is 2.56 bits per heavy atom. The summed E-state index contributed by atoms with van der Waals surface area (Å²) in [6.07, 6.45) is 2.73. The predicted molar refractivity (Wildman–Crippen MR) is 98.4 cm³/mol. The molecule has 0 bridgehead atoms. The van der Waals surface area contributed by atoms with Crippen LogP contribution in [-0.4, -0.2) is 32.8 Å². The molecule has 1 aliphatic carbocycles. The molecule has 1 fully saturated rings. The molecule has 1 heterocycles. The van der Waals surface area contributed by atoms with E-state index in [4.69, 9.17) is 28.9 Å². The van der Waals surface area contributed by atoms with E-state index in [0.717, 1.165) is 12.8 Å². The summed E-state index contributed by atoms with van der Waals surface area (Å²) >= 11 is 12.5. The summed E-state index contributed by atoms with van der Waals surface area (Å²) in [6.45, 7) is 4.27. The molecule has 0 aliphatic heterocycles. The summed E-state index contributed by atoms with van der Waals surface area (Å²) in [7, 11) is 0. The van der Waals surface area contributed by atoms with Gasteiger partial charge in [-0.25, -0.2) is 9.67 Å². The Kier molecular flexibility index (Phi) is 5.04. The van der Waals surface area contributed by atoms with Crippen molar-refractivity contribution in [3.63, 3.8) is 0 Å². The van der Waals surface area contributed by atoms with E-state index < -0.39 is 5.54 Å². The van der Waals surface area contributed by atoms with Crippen molar-refractivity contribution in [2.45, 2.75) is 38.6 Å². The topological polar surface area (TPSA) is 85.8 Å². The maximum Gasteiger partial charge on any atom is 0.291 e. The van der Waals surface area contributed by atoms with Crippen molar-refractivity contribution in [3.05, 3.63) is 39.9 Å². The van der Waals surface area contributed by atoms with Gasteiger partial charge >= 0.3 is 0 Å². The average Bonchev–Trinajstić information content (AvgIpc) is 3.36. The van der Waals surface area contributed by atoms with Crippen LogP contribution >= 0.6 is 23.2 Å². The summed E-state index contributed by atoms with van der Waals surface area (Å²) in [6, 6.07) is 5.21. The van der Waals surface area contributed by atoms with Crippen LogP contribution in [0.5, 0.6) is 0 Å². The van der Waals surface area contributed by atoms with Crippen LogP contribution in [0.25, 0.3) is 5.69 Å². The number of nitrogens with one attached hydrogen (secondary N) is 1. The Bertz CT molecular complexity index is 782. The number of amides is 1. The lowest BCUT2D eigenvalue weighted by Gasteiger charge is -2.28. The highest BCUT2D eigenvalue weighted by Crippen LogP contribution is 2.39. The van der Waals surface area contributed by atoms with Gasteiger partial charge in [0.2, 0.25) is 5.82 Å². The lowest BCUT2D eigenvalue weighted by molar-refractivity contribution is 0.0887. The van der Waals surface area contributed by atoms with Gasteiger partial charge in [0, 0.05) is 13.0 Å². The van der Waals surface area contributed by atoms with E-state index in [2.05, 4.69) is 15.4 Å². The van der Waals surface area contributed by atoms with E-state index in [0.29, 0.717) is 40.4 Å². The molecule has 1 unspecified atom stereocenters. The number of nitrogens with zero attached hydrogens (tertiary/aromatic N) is 3. The van der Waals surface area contributed by atoms with Gasteiger partial charge in [0.05, 0.1) is 15.6 Å².